The van der Waals surface area contributed by atoms with Crippen molar-refractivity contribution in [3.05, 3.63) is 64.1 Å². The largest absolute Gasteiger partial charge is 0.411 e. The molecule has 28 heavy (non-hydrogen) atoms. The van der Waals surface area contributed by atoms with Crippen molar-refractivity contribution in [2.24, 2.45) is 0 Å². The van der Waals surface area contributed by atoms with Gasteiger partial charge in [-0.05, 0) is 52.4 Å². The standard InChI is InChI=1S/C22H21BrN2O2S/c23-19-9-5-4-8-18(19)21-24-25-22(27-21)28-14-20(26)17-12-10-16(11-13-17)15-6-2-1-3-7-15/h4-5,8-13,15H,1-3,6-7,14H2. The summed E-state index contributed by atoms with van der Waals surface area (Å²) < 4.78 is 6.59. The number of halogens is 1. The van der Waals surface area contributed by atoms with Gasteiger partial charge in [0.2, 0.25) is 5.89 Å². The molecular formula is C22H21BrN2O2S. The summed E-state index contributed by atoms with van der Waals surface area (Å²) in [5, 5.41) is 8.53. The Labute approximate surface area is 177 Å². The Morgan fingerprint density at radius 1 is 1.04 bits per heavy atom. The lowest BCUT2D eigenvalue weighted by Gasteiger charge is -2.22. The molecule has 0 unspecified atom stereocenters. The van der Waals surface area contributed by atoms with Crippen LogP contribution in [0.15, 0.2) is 62.6 Å². The summed E-state index contributed by atoms with van der Waals surface area (Å²) in [7, 11) is 0. The number of hydrogen-bond acceptors (Lipinski definition) is 5. The zero-order valence-corrected chi connectivity index (χ0v) is 17.8. The highest BCUT2D eigenvalue weighted by Crippen LogP contribution is 2.33. The second-order valence-corrected chi connectivity index (χ2v) is 8.80. The van der Waals surface area contributed by atoms with Crippen molar-refractivity contribution in [2.45, 2.75) is 43.2 Å². The Morgan fingerprint density at radius 3 is 2.54 bits per heavy atom. The van der Waals surface area contributed by atoms with Gasteiger partial charge in [0.25, 0.3) is 5.22 Å². The van der Waals surface area contributed by atoms with Gasteiger partial charge >= 0.3 is 0 Å². The highest BCUT2D eigenvalue weighted by molar-refractivity contribution is 9.10. The van der Waals surface area contributed by atoms with Crippen LogP contribution in [0.3, 0.4) is 0 Å². The number of benzene rings is 2. The molecule has 0 spiro atoms. The molecule has 1 aliphatic carbocycles. The van der Waals surface area contributed by atoms with Gasteiger partial charge in [-0.15, -0.1) is 10.2 Å². The maximum Gasteiger partial charge on any atom is 0.277 e. The van der Waals surface area contributed by atoms with Crippen LogP contribution in [0.5, 0.6) is 0 Å². The lowest BCUT2D eigenvalue weighted by molar-refractivity contribution is 0.102. The molecule has 1 fully saturated rings. The summed E-state index contributed by atoms with van der Waals surface area (Å²) in [6, 6.07) is 15.8. The fraction of sp³-hybridized carbons (Fsp3) is 0.318. The van der Waals surface area contributed by atoms with E-state index in [2.05, 4.69) is 38.3 Å². The Hall–Kier alpha value is -1.92. The Morgan fingerprint density at radius 2 is 1.79 bits per heavy atom. The van der Waals surface area contributed by atoms with Crippen molar-refractivity contribution in [3.8, 4) is 11.5 Å². The smallest absolute Gasteiger partial charge is 0.277 e. The molecule has 0 atom stereocenters. The van der Waals surface area contributed by atoms with Gasteiger partial charge in [-0.25, -0.2) is 0 Å². The van der Waals surface area contributed by atoms with Crippen LogP contribution in [-0.2, 0) is 0 Å². The third kappa shape index (κ3) is 4.55. The first-order valence-corrected chi connectivity index (χ1v) is 11.3. The zero-order valence-electron chi connectivity index (χ0n) is 15.4. The second kappa shape index (κ2) is 9.05. The van der Waals surface area contributed by atoms with Crippen LogP contribution in [0.25, 0.3) is 11.5 Å². The maximum absolute atomic E-state index is 12.5. The van der Waals surface area contributed by atoms with Crippen LogP contribution in [0, 0.1) is 0 Å². The van der Waals surface area contributed by atoms with Crippen LogP contribution in [0.1, 0.15) is 53.9 Å². The molecule has 0 bridgehead atoms. The topological polar surface area (TPSA) is 56.0 Å². The first-order valence-electron chi connectivity index (χ1n) is 9.55. The number of hydrogen-bond donors (Lipinski definition) is 0. The maximum atomic E-state index is 12.5. The Kier molecular flexibility index (Phi) is 6.27. The summed E-state index contributed by atoms with van der Waals surface area (Å²) in [5.74, 6) is 1.45. The van der Waals surface area contributed by atoms with E-state index in [4.69, 9.17) is 4.42 Å². The molecule has 3 aromatic rings. The summed E-state index contributed by atoms with van der Waals surface area (Å²) in [5.41, 5.74) is 2.93. The first-order chi connectivity index (χ1) is 13.7. The summed E-state index contributed by atoms with van der Waals surface area (Å²) >= 11 is 4.75. The first kappa shape index (κ1) is 19.4. The van der Waals surface area contributed by atoms with Gasteiger partial charge in [0, 0.05) is 10.0 Å². The van der Waals surface area contributed by atoms with Crippen LogP contribution in [0.2, 0.25) is 0 Å². The van der Waals surface area contributed by atoms with Crippen molar-refractivity contribution in [1.82, 2.24) is 10.2 Å². The van der Waals surface area contributed by atoms with Crippen molar-refractivity contribution < 1.29 is 9.21 Å². The predicted molar refractivity (Wildman–Crippen MR) is 115 cm³/mol. The number of aromatic nitrogens is 2. The molecule has 6 heteroatoms. The van der Waals surface area contributed by atoms with Gasteiger partial charge in [-0.1, -0.05) is 67.4 Å². The van der Waals surface area contributed by atoms with Crippen molar-refractivity contribution in [3.63, 3.8) is 0 Å². The predicted octanol–water partition coefficient (Wildman–Crippen LogP) is 6.52. The molecule has 0 amide bonds. The highest BCUT2D eigenvalue weighted by atomic mass is 79.9. The molecule has 1 saturated carbocycles. The van der Waals surface area contributed by atoms with E-state index < -0.39 is 0 Å². The molecule has 0 aliphatic heterocycles. The number of nitrogens with zero attached hydrogens (tertiary/aromatic N) is 2. The van der Waals surface area contributed by atoms with Gasteiger partial charge in [-0.2, -0.15) is 0 Å². The molecule has 0 saturated heterocycles. The zero-order chi connectivity index (χ0) is 19.3. The quantitative estimate of drug-likeness (QED) is 0.312. The molecular weight excluding hydrogens is 436 g/mol. The summed E-state index contributed by atoms with van der Waals surface area (Å²) in [6.07, 6.45) is 6.50. The third-order valence-electron chi connectivity index (χ3n) is 5.15. The lowest BCUT2D eigenvalue weighted by atomic mass is 9.84. The van der Waals surface area contributed by atoms with E-state index in [1.807, 2.05) is 36.4 Å². The number of thioether (sulfide) groups is 1. The normalized spacial score (nSPS) is 14.9. The van der Waals surface area contributed by atoms with Crippen molar-refractivity contribution in [2.75, 3.05) is 5.75 Å². The molecule has 0 N–H and O–H groups in total. The molecule has 0 radical (unpaired) electrons. The molecule has 1 aliphatic rings. The molecule has 1 heterocycles. The number of ketones is 1. The number of carbonyl (C=O) groups is 1. The molecule has 1 aromatic heterocycles. The minimum absolute atomic E-state index is 0.0702. The fourth-order valence-electron chi connectivity index (χ4n) is 3.60. The van der Waals surface area contributed by atoms with Gasteiger partial charge in [0.15, 0.2) is 5.78 Å². The average molecular weight is 457 g/mol. The number of rotatable bonds is 6. The van der Waals surface area contributed by atoms with E-state index in [9.17, 15) is 4.79 Å². The van der Waals surface area contributed by atoms with Gasteiger partial charge in [0.1, 0.15) is 0 Å². The number of carbonyl (C=O) groups excluding carboxylic acids is 1. The van der Waals surface area contributed by atoms with Crippen LogP contribution >= 0.6 is 27.7 Å². The minimum atomic E-state index is 0.0702. The molecule has 4 nitrogen and oxygen atoms in total. The van der Waals surface area contributed by atoms with Crippen LogP contribution in [0.4, 0.5) is 0 Å². The molecule has 4 rings (SSSR count). The lowest BCUT2D eigenvalue weighted by Crippen LogP contribution is -2.06. The highest BCUT2D eigenvalue weighted by Gasteiger charge is 2.17. The summed E-state index contributed by atoms with van der Waals surface area (Å²) in [4.78, 5) is 12.5. The van der Waals surface area contributed by atoms with E-state index >= 15 is 0 Å². The van der Waals surface area contributed by atoms with Crippen molar-refractivity contribution >= 4 is 33.5 Å². The summed E-state index contributed by atoms with van der Waals surface area (Å²) in [6.45, 7) is 0. The van der Waals surface area contributed by atoms with Gasteiger partial charge < -0.3 is 4.42 Å². The molecule has 2 aromatic carbocycles. The van der Waals surface area contributed by atoms with Gasteiger partial charge in [0.05, 0.1) is 11.3 Å². The fourth-order valence-corrected chi connectivity index (χ4v) is 4.71. The van der Waals surface area contributed by atoms with Crippen LogP contribution < -0.4 is 0 Å². The van der Waals surface area contributed by atoms with E-state index in [1.165, 1.54) is 49.4 Å². The average Bonchev–Trinajstić information content (AvgIpc) is 3.22. The van der Waals surface area contributed by atoms with Crippen LogP contribution in [-0.4, -0.2) is 21.7 Å². The third-order valence-corrected chi connectivity index (χ3v) is 6.66. The van der Waals surface area contributed by atoms with E-state index in [-0.39, 0.29) is 11.5 Å². The number of Topliss-reactive ketones (excluding diaryl/α,β-unsaturated/α-hetero) is 1. The van der Waals surface area contributed by atoms with Crippen molar-refractivity contribution in [1.29, 1.82) is 0 Å². The Bertz CT molecular complexity index is 949. The van der Waals surface area contributed by atoms with E-state index in [0.29, 0.717) is 17.0 Å². The van der Waals surface area contributed by atoms with Gasteiger partial charge in [-0.3, -0.25) is 4.79 Å². The van der Waals surface area contributed by atoms with E-state index in [0.717, 1.165) is 15.6 Å². The monoisotopic (exact) mass is 456 g/mol. The second-order valence-electron chi connectivity index (χ2n) is 7.02. The minimum Gasteiger partial charge on any atom is -0.411 e. The Balaban J connectivity index is 1.36. The molecule has 144 valence electrons. The van der Waals surface area contributed by atoms with E-state index in [1.54, 1.807) is 0 Å². The SMILES string of the molecule is O=C(CSc1nnc(-c2ccccc2Br)o1)c1ccc(C2CCCCC2)cc1.